The highest BCUT2D eigenvalue weighted by molar-refractivity contribution is 5.86. The van der Waals surface area contributed by atoms with Crippen LogP contribution in [0.5, 0.6) is 0 Å². The molecule has 7 nitrogen and oxygen atoms in total. The van der Waals surface area contributed by atoms with Gasteiger partial charge in [-0.25, -0.2) is 0 Å². The molecule has 2 amide bonds. The maximum Gasteiger partial charge on any atom is 0.242 e. The average molecular weight is 347 g/mol. The fourth-order valence-electron chi connectivity index (χ4n) is 3.50. The number of halogens is 1. The summed E-state index contributed by atoms with van der Waals surface area (Å²) in [5.74, 6) is 0.134. The number of nitrogens with one attached hydrogen (secondary N) is 1. The van der Waals surface area contributed by atoms with E-state index in [9.17, 15) is 9.59 Å². The molecule has 0 aliphatic carbocycles. The van der Waals surface area contributed by atoms with Gasteiger partial charge in [-0.3, -0.25) is 14.5 Å². The van der Waals surface area contributed by atoms with Crippen molar-refractivity contribution in [2.24, 2.45) is 0 Å². The number of hydrogen-bond acceptors (Lipinski definition) is 5. The lowest BCUT2D eigenvalue weighted by atomic mass is 10.2. The molecule has 8 heteroatoms. The molecule has 3 heterocycles. The molecule has 3 rings (SSSR count). The normalized spacial score (nSPS) is 26.3. The van der Waals surface area contributed by atoms with E-state index in [1.807, 2.05) is 4.90 Å². The van der Waals surface area contributed by atoms with Crippen LogP contribution in [0.15, 0.2) is 0 Å². The topological polar surface area (TPSA) is 65.1 Å². The Morgan fingerprint density at radius 3 is 2.74 bits per heavy atom. The number of nitrogens with zero attached hydrogens (tertiary/aromatic N) is 3. The van der Waals surface area contributed by atoms with Gasteiger partial charge in [-0.2, -0.15) is 0 Å². The van der Waals surface area contributed by atoms with E-state index in [4.69, 9.17) is 4.74 Å². The Morgan fingerprint density at radius 1 is 1.22 bits per heavy atom. The number of piperazine rings is 1. The Kier molecular flexibility index (Phi) is 7.08. The summed E-state index contributed by atoms with van der Waals surface area (Å²) in [6.07, 6.45) is 2.13. The Labute approximate surface area is 143 Å². The highest BCUT2D eigenvalue weighted by atomic mass is 35.5. The second kappa shape index (κ2) is 8.82. The summed E-state index contributed by atoms with van der Waals surface area (Å²) in [7, 11) is 0. The average Bonchev–Trinajstić information content (AvgIpc) is 2.99. The van der Waals surface area contributed by atoms with E-state index in [2.05, 4.69) is 10.2 Å². The molecule has 3 aliphatic rings. The lowest BCUT2D eigenvalue weighted by Crippen LogP contribution is -2.53. The van der Waals surface area contributed by atoms with Crippen LogP contribution in [0.4, 0.5) is 0 Å². The number of ether oxygens (including phenoxy) is 1. The van der Waals surface area contributed by atoms with E-state index < -0.39 is 0 Å². The van der Waals surface area contributed by atoms with Crippen LogP contribution in [0.2, 0.25) is 0 Å². The molecule has 0 aromatic carbocycles. The molecule has 23 heavy (non-hydrogen) atoms. The van der Waals surface area contributed by atoms with Crippen LogP contribution in [-0.2, 0) is 14.3 Å². The zero-order valence-corrected chi connectivity index (χ0v) is 14.4. The molecular weight excluding hydrogens is 320 g/mol. The molecule has 132 valence electrons. The zero-order valence-electron chi connectivity index (χ0n) is 13.5. The van der Waals surface area contributed by atoms with Crippen molar-refractivity contribution in [3.05, 3.63) is 0 Å². The minimum absolute atomic E-state index is 0. The Balaban J connectivity index is 0.00000192. The second-order valence-corrected chi connectivity index (χ2v) is 6.29. The third kappa shape index (κ3) is 4.79. The number of hydrogen-bond donors (Lipinski definition) is 1. The van der Waals surface area contributed by atoms with E-state index in [0.29, 0.717) is 19.1 Å². The summed E-state index contributed by atoms with van der Waals surface area (Å²) >= 11 is 0. The number of morpholine rings is 1. The van der Waals surface area contributed by atoms with Gasteiger partial charge in [0, 0.05) is 45.3 Å². The smallest absolute Gasteiger partial charge is 0.242 e. The predicted molar refractivity (Wildman–Crippen MR) is 88.7 cm³/mol. The first-order valence-corrected chi connectivity index (χ1v) is 8.32. The number of rotatable bonds is 4. The van der Waals surface area contributed by atoms with Crippen molar-refractivity contribution in [3.8, 4) is 0 Å². The van der Waals surface area contributed by atoms with Gasteiger partial charge >= 0.3 is 0 Å². The van der Waals surface area contributed by atoms with Crippen molar-refractivity contribution in [2.75, 3.05) is 65.6 Å². The molecule has 1 N–H and O–H groups in total. The first-order chi connectivity index (χ1) is 10.7. The summed E-state index contributed by atoms with van der Waals surface area (Å²) in [5, 5.41) is 3.04. The number of amides is 2. The lowest BCUT2D eigenvalue weighted by molar-refractivity contribution is -0.141. The SMILES string of the molecule is Cl.O=C1CNCCN1CC(=O)N1CCCC1CN1CCOCC1. The quantitative estimate of drug-likeness (QED) is 0.719. The second-order valence-electron chi connectivity index (χ2n) is 6.29. The van der Waals surface area contributed by atoms with Gasteiger partial charge in [-0.1, -0.05) is 0 Å². The molecule has 0 saturated carbocycles. The Hall–Kier alpha value is -0.890. The van der Waals surface area contributed by atoms with Crippen molar-refractivity contribution >= 4 is 24.2 Å². The minimum Gasteiger partial charge on any atom is -0.379 e. The van der Waals surface area contributed by atoms with E-state index in [1.165, 1.54) is 0 Å². The van der Waals surface area contributed by atoms with E-state index in [-0.39, 0.29) is 30.8 Å². The van der Waals surface area contributed by atoms with Gasteiger partial charge in [-0.15, -0.1) is 12.4 Å². The maximum absolute atomic E-state index is 12.6. The molecule has 1 atom stereocenters. The van der Waals surface area contributed by atoms with Gasteiger partial charge in [0.1, 0.15) is 0 Å². The van der Waals surface area contributed by atoms with Crippen LogP contribution < -0.4 is 5.32 Å². The fourth-order valence-corrected chi connectivity index (χ4v) is 3.50. The van der Waals surface area contributed by atoms with Crippen LogP contribution in [0, 0.1) is 0 Å². The monoisotopic (exact) mass is 346 g/mol. The third-order valence-corrected chi connectivity index (χ3v) is 4.78. The van der Waals surface area contributed by atoms with E-state index >= 15 is 0 Å². The van der Waals surface area contributed by atoms with Crippen LogP contribution in [0.25, 0.3) is 0 Å². The first kappa shape index (κ1) is 18.4. The first-order valence-electron chi connectivity index (χ1n) is 8.32. The van der Waals surface area contributed by atoms with E-state index in [1.54, 1.807) is 4.90 Å². The van der Waals surface area contributed by atoms with Crippen molar-refractivity contribution in [1.29, 1.82) is 0 Å². The van der Waals surface area contributed by atoms with Crippen molar-refractivity contribution in [2.45, 2.75) is 18.9 Å². The molecule has 3 saturated heterocycles. The summed E-state index contributed by atoms with van der Waals surface area (Å²) in [5.41, 5.74) is 0. The van der Waals surface area contributed by atoms with Gasteiger partial charge in [0.2, 0.25) is 11.8 Å². The van der Waals surface area contributed by atoms with Crippen molar-refractivity contribution < 1.29 is 14.3 Å². The molecule has 1 unspecified atom stereocenters. The summed E-state index contributed by atoms with van der Waals surface area (Å²) in [6.45, 7) is 7.24. The van der Waals surface area contributed by atoms with Crippen LogP contribution in [-0.4, -0.2) is 98.1 Å². The van der Waals surface area contributed by atoms with Crippen molar-refractivity contribution in [3.63, 3.8) is 0 Å². The highest BCUT2D eigenvalue weighted by Crippen LogP contribution is 2.19. The highest BCUT2D eigenvalue weighted by Gasteiger charge is 2.32. The Bertz CT molecular complexity index is 418. The summed E-state index contributed by atoms with van der Waals surface area (Å²) < 4.78 is 5.38. The number of likely N-dealkylation sites (tertiary alicyclic amines) is 1. The fraction of sp³-hybridized carbons (Fsp3) is 0.867. The van der Waals surface area contributed by atoms with Crippen LogP contribution in [0.1, 0.15) is 12.8 Å². The molecular formula is C15H27ClN4O3. The molecule has 0 radical (unpaired) electrons. The largest absolute Gasteiger partial charge is 0.379 e. The standard InChI is InChI=1S/C15H26N4O3.ClH/c20-14-10-16-3-5-18(14)12-15(21)19-4-1-2-13(19)11-17-6-8-22-9-7-17;/h13,16H,1-12H2;1H. The maximum atomic E-state index is 12.6. The van der Waals surface area contributed by atoms with Gasteiger partial charge in [-0.05, 0) is 12.8 Å². The molecule has 0 bridgehead atoms. The Morgan fingerprint density at radius 2 is 2.00 bits per heavy atom. The van der Waals surface area contributed by atoms with Gasteiger partial charge < -0.3 is 19.9 Å². The van der Waals surface area contributed by atoms with Gasteiger partial charge in [0.05, 0.1) is 26.3 Å². The number of carbonyl (C=O) groups is 2. The molecule has 3 fully saturated rings. The minimum atomic E-state index is 0. The summed E-state index contributed by atoms with van der Waals surface area (Å²) in [6, 6.07) is 0.295. The lowest BCUT2D eigenvalue weighted by Gasteiger charge is -2.34. The summed E-state index contributed by atoms with van der Waals surface area (Å²) in [4.78, 5) is 30.5. The van der Waals surface area contributed by atoms with Crippen LogP contribution in [0.3, 0.4) is 0 Å². The van der Waals surface area contributed by atoms with E-state index in [0.717, 1.165) is 58.8 Å². The number of carbonyl (C=O) groups excluding carboxylic acids is 2. The van der Waals surface area contributed by atoms with Gasteiger partial charge in [0.15, 0.2) is 0 Å². The molecule has 0 spiro atoms. The predicted octanol–water partition coefficient (Wildman–Crippen LogP) is -0.837. The zero-order chi connectivity index (χ0) is 15.4. The molecule has 0 aromatic heterocycles. The molecule has 0 aromatic rings. The van der Waals surface area contributed by atoms with Crippen molar-refractivity contribution in [1.82, 2.24) is 20.0 Å². The van der Waals surface area contributed by atoms with Gasteiger partial charge in [0.25, 0.3) is 0 Å². The molecule has 3 aliphatic heterocycles. The van der Waals surface area contributed by atoms with Crippen LogP contribution >= 0.6 is 12.4 Å². The third-order valence-electron chi connectivity index (χ3n) is 4.78.